The quantitative estimate of drug-likeness (QED) is 0.623. The lowest BCUT2D eigenvalue weighted by atomic mass is 10.1. The molecule has 0 heterocycles. The Balaban J connectivity index is 1.66. The summed E-state index contributed by atoms with van der Waals surface area (Å²) in [6, 6.07) is 25.8. The normalized spacial score (nSPS) is 10.4. The van der Waals surface area contributed by atoms with E-state index in [0.29, 0.717) is 18.7 Å². The maximum Gasteiger partial charge on any atom is 0.150 e. The van der Waals surface area contributed by atoms with Gasteiger partial charge in [0.25, 0.3) is 0 Å². The van der Waals surface area contributed by atoms with E-state index in [2.05, 4.69) is 17.4 Å². The summed E-state index contributed by atoms with van der Waals surface area (Å²) in [6.45, 7) is 1.91. The molecule has 0 bridgehead atoms. The molecule has 0 aliphatic carbocycles. The number of carbonyl (C=O) groups is 1. The molecule has 0 aliphatic heterocycles. The Kier molecular flexibility index (Phi) is 5.96. The summed E-state index contributed by atoms with van der Waals surface area (Å²) < 4.78 is 5.97. The molecule has 126 valence electrons. The van der Waals surface area contributed by atoms with Crippen LogP contribution in [0, 0.1) is 0 Å². The zero-order valence-corrected chi connectivity index (χ0v) is 14.0. The largest absolute Gasteiger partial charge is 0.489 e. The molecule has 3 heteroatoms. The minimum absolute atomic E-state index is 0.507. The van der Waals surface area contributed by atoms with Crippen molar-refractivity contribution in [2.24, 2.45) is 0 Å². The highest BCUT2D eigenvalue weighted by Crippen LogP contribution is 2.21. The van der Waals surface area contributed by atoms with Crippen LogP contribution in [0.4, 0.5) is 0 Å². The number of hydrogen-bond acceptors (Lipinski definition) is 3. The number of aldehydes is 1. The molecular weight excluding hydrogens is 310 g/mol. The van der Waals surface area contributed by atoms with E-state index in [4.69, 9.17) is 4.74 Å². The van der Waals surface area contributed by atoms with Gasteiger partial charge in [0.1, 0.15) is 18.6 Å². The summed E-state index contributed by atoms with van der Waals surface area (Å²) in [7, 11) is 0. The van der Waals surface area contributed by atoms with Crippen LogP contribution in [-0.4, -0.2) is 6.29 Å². The first-order valence-corrected chi connectivity index (χ1v) is 8.34. The van der Waals surface area contributed by atoms with Gasteiger partial charge in [0.05, 0.1) is 0 Å². The van der Waals surface area contributed by atoms with E-state index in [1.807, 2.05) is 60.7 Å². The molecule has 1 N–H and O–H groups in total. The molecule has 0 unspecified atom stereocenters. The second-order valence-electron chi connectivity index (χ2n) is 5.85. The van der Waals surface area contributed by atoms with Gasteiger partial charge in [-0.3, -0.25) is 4.79 Å². The third-order valence-electron chi connectivity index (χ3n) is 3.95. The monoisotopic (exact) mass is 331 g/mol. The molecule has 3 rings (SSSR count). The Hall–Kier alpha value is -2.91. The van der Waals surface area contributed by atoms with Gasteiger partial charge in [-0.2, -0.15) is 0 Å². The van der Waals surface area contributed by atoms with Crippen molar-refractivity contribution in [3.63, 3.8) is 0 Å². The summed E-state index contributed by atoms with van der Waals surface area (Å²) in [5.74, 6) is 0.801. The van der Waals surface area contributed by atoms with E-state index >= 15 is 0 Å². The molecule has 0 aliphatic rings. The Morgan fingerprint density at radius 1 is 0.800 bits per heavy atom. The predicted octanol–water partition coefficient (Wildman–Crippen LogP) is 4.37. The van der Waals surface area contributed by atoms with Crippen LogP contribution in [0.1, 0.15) is 27.0 Å². The van der Waals surface area contributed by atoms with E-state index < -0.39 is 0 Å². The Morgan fingerprint density at radius 2 is 1.48 bits per heavy atom. The van der Waals surface area contributed by atoms with E-state index in [1.165, 1.54) is 5.56 Å². The van der Waals surface area contributed by atoms with Crippen LogP contribution in [0.2, 0.25) is 0 Å². The van der Waals surface area contributed by atoms with Gasteiger partial charge in [-0.15, -0.1) is 0 Å². The number of benzene rings is 3. The van der Waals surface area contributed by atoms with Crippen LogP contribution >= 0.6 is 0 Å². The minimum atomic E-state index is 0.507. The Labute approximate surface area is 148 Å². The van der Waals surface area contributed by atoms with Crippen molar-refractivity contribution in [1.29, 1.82) is 0 Å². The Morgan fingerprint density at radius 3 is 2.16 bits per heavy atom. The fourth-order valence-corrected chi connectivity index (χ4v) is 2.62. The molecule has 0 spiro atoms. The predicted molar refractivity (Wildman–Crippen MR) is 99.6 cm³/mol. The first kappa shape index (κ1) is 16.9. The molecule has 0 atom stereocenters. The second-order valence-corrected chi connectivity index (χ2v) is 5.85. The average Bonchev–Trinajstić information content (AvgIpc) is 2.68. The summed E-state index contributed by atoms with van der Waals surface area (Å²) in [6.07, 6.45) is 0.863. The number of nitrogens with one attached hydrogen (secondary N) is 1. The lowest BCUT2D eigenvalue weighted by Gasteiger charge is -2.13. The van der Waals surface area contributed by atoms with Gasteiger partial charge in [0.2, 0.25) is 0 Å². The molecule has 0 amide bonds. The second kappa shape index (κ2) is 8.81. The van der Waals surface area contributed by atoms with E-state index in [-0.39, 0.29) is 0 Å². The smallest absolute Gasteiger partial charge is 0.150 e. The fourth-order valence-electron chi connectivity index (χ4n) is 2.62. The van der Waals surface area contributed by atoms with Gasteiger partial charge < -0.3 is 10.1 Å². The molecule has 0 fully saturated rings. The lowest BCUT2D eigenvalue weighted by Crippen LogP contribution is -2.14. The molecule has 3 aromatic carbocycles. The van der Waals surface area contributed by atoms with Crippen LogP contribution in [0.15, 0.2) is 78.9 Å². The zero-order valence-electron chi connectivity index (χ0n) is 14.0. The summed E-state index contributed by atoms with van der Waals surface area (Å²) in [5, 5.41) is 3.41. The molecule has 3 aromatic rings. The molecule has 25 heavy (non-hydrogen) atoms. The summed E-state index contributed by atoms with van der Waals surface area (Å²) in [5.41, 5.74) is 3.98. The highest BCUT2D eigenvalue weighted by Gasteiger charge is 2.06. The maximum atomic E-state index is 11.1. The number of rotatable bonds is 8. The van der Waals surface area contributed by atoms with Crippen molar-refractivity contribution in [2.75, 3.05) is 0 Å². The first-order chi connectivity index (χ1) is 12.3. The number of carbonyl (C=O) groups excluding carboxylic acids is 1. The fraction of sp³-hybridized carbons (Fsp3) is 0.136. The van der Waals surface area contributed by atoms with Crippen molar-refractivity contribution in [3.8, 4) is 5.75 Å². The van der Waals surface area contributed by atoms with Crippen LogP contribution < -0.4 is 10.1 Å². The third-order valence-corrected chi connectivity index (χ3v) is 3.95. The van der Waals surface area contributed by atoms with Crippen LogP contribution in [0.5, 0.6) is 5.75 Å². The van der Waals surface area contributed by atoms with Crippen molar-refractivity contribution in [3.05, 3.63) is 101 Å². The van der Waals surface area contributed by atoms with Crippen LogP contribution in [0.25, 0.3) is 0 Å². The summed E-state index contributed by atoms with van der Waals surface area (Å²) in [4.78, 5) is 11.1. The molecular formula is C22H21NO2. The third kappa shape index (κ3) is 5.03. The van der Waals surface area contributed by atoms with Gasteiger partial charge in [-0.05, 0) is 29.3 Å². The van der Waals surface area contributed by atoms with Crippen LogP contribution in [-0.2, 0) is 19.7 Å². The standard InChI is InChI=1S/C22H21NO2/c24-16-20-11-12-22(25-17-19-9-5-2-6-10-19)21(13-20)15-23-14-18-7-3-1-4-8-18/h1-13,16,23H,14-15,17H2. The van der Waals surface area contributed by atoms with E-state index in [0.717, 1.165) is 29.7 Å². The number of hydrogen-bond donors (Lipinski definition) is 1. The molecule has 0 radical (unpaired) electrons. The van der Waals surface area contributed by atoms with Gasteiger partial charge in [0, 0.05) is 24.2 Å². The van der Waals surface area contributed by atoms with Gasteiger partial charge in [-0.25, -0.2) is 0 Å². The van der Waals surface area contributed by atoms with E-state index in [9.17, 15) is 4.79 Å². The van der Waals surface area contributed by atoms with Crippen molar-refractivity contribution in [1.82, 2.24) is 5.32 Å². The molecule has 3 nitrogen and oxygen atoms in total. The molecule has 0 aromatic heterocycles. The van der Waals surface area contributed by atoms with Crippen molar-refractivity contribution in [2.45, 2.75) is 19.7 Å². The minimum Gasteiger partial charge on any atom is -0.489 e. The Bertz CT molecular complexity index is 801. The maximum absolute atomic E-state index is 11.1. The molecule has 0 saturated carbocycles. The van der Waals surface area contributed by atoms with Crippen molar-refractivity contribution >= 4 is 6.29 Å². The summed E-state index contributed by atoms with van der Waals surface area (Å²) >= 11 is 0. The first-order valence-electron chi connectivity index (χ1n) is 8.34. The zero-order chi connectivity index (χ0) is 17.3. The molecule has 0 saturated heterocycles. The number of ether oxygens (including phenoxy) is 1. The highest BCUT2D eigenvalue weighted by atomic mass is 16.5. The van der Waals surface area contributed by atoms with Crippen LogP contribution in [0.3, 0.4) is 0 Å². The van der Waals surface area contributed by atoms with Gasteiger partial charge >= 0.3 is 0 Å². The average molecular weight is 331 g/mol. The topological polar surface area (TPSA) is 38.3 Å². The lowest BCUT2D eigenvalue weighted by molar-refractivity contribution is 0.112. The van der Waals surface area contributed by atoms with Crippen molar-refractivity contribution < 1.29 is 9.53 Å². The SMILES string of the molecule is O=Cc1ccc(OCc2ccccc2)c(CNCc2ccccc2)c1. The highest BCUT2D eigenvalue weighted by molar-refractivity contribution is 5.75. The van der Waals surface area contributed by atoms with Gasteiger partial charge in [-0.1, -0.05) is 60.7 Å². The van der Waals surface area contributed by atoms with E-state index in [1.54, 1.807) is 6.07 Å². The van der Waals surface area contributed by atoms with Gasteiger partial charge in [0.15, 0.2) is 0 Å².